The first-order valence-electron chi connectivity index (χ1n) is 8.86. The van der Waals surface area contributed by atoms with Crippen LogP contribution in [0.4, 0.5) is 20.3 Å². The van der Waals surface area contributed by atoms with Crippen LogP contribution in [-0.4, -0.2) is 38.9 Å². The Bertz CT molecular complexity index is 967. The predicted molar refractivity (Wildman–Crippen MR) is 93.4 cm³/mol. The number of hydrogen-bond donors (Lipinski definition) is 1. The van der Waals surface area contributed by atoms with E-state index in [0.717, 1.165) is 42.6 Å². The fourth-order valence-electron chi connectivity index (χ4n) is 3.52. The van der Waals surface area contributed by atoms with Crippen molar-refractivity contribution in [1.29, 1.82) is 0 Å². The zero-order valence-corrected chi connectivity index (χ0v) is 14.1. The molecule has 1 saturated heterocycles. The van der Waals surface area contributed by atoms with Crippen LogP contribution < -0.4 is 10.2 Å². The van der Waals surface area contributed by atoms with E-state index < -0.39 is 11.6 Å². The Morgan fingerprint density at radius 2 is 1.92 bits per heavy atom. The van der Waals surface area contributed by atoms with Gasteiger partial charge in [0.15, 0.2) is 11.5 Å². The molecule has 1 unspecified atom stereocenters. The van der Waals surface area contributed by atoms with Crippen LogP contribution in [0.5, 0.6) is 0 Å². The zero-order chi connectivity index (χ0) is 17.7. The lowest BCUT2D eigenvalue weighted by atomic mass is 10.2. The number of fused-ring (bicyclic) bond motifs is 1. The summed E-state index contributed by atoms with van der Waals surface area (Å²) in [5.41, 5.74) is 1.19. The van der Waals surface area contributed by atoms with Crippen LogP contribution >= 0.6 is 0 Å². The van der Waals surface area contributed by atoms with Crippen LogP contribution in [0.15, 0.2) is 30.3 Å². The van der Waals surface area contributed by atoms with Gasteiger partial charge in [0.2, 0.25) is 0 Å². The molecule has 0 spiro atoms. The summed E-state index contributed by atoms with van der Waals surface area (Å²) in [6.45, 7) is 1.35. The molecule has 0 radical (unpaired) electrons. The summed E-state index contributed by atoms with van der Waals surface area (Å²) >= 11 is 0. The second-order valence-electron chi connectivity index (χ2n) is 6.99. The fourth-order valence-corrected chi connectivity index (χ4v) is 3.52. The molecule has 134 valence electrons. The molecule has 1 aromatic carbocycles. The van der Waals surface area contributed by atoms with Crippen molar-refractivity contribution in [2.75, 3.05) is 23.3 Å². The third-order valence-electron chi connectivity index (χ3n) is 5.02. The maximum atomic E-state index is 14.0. The number of rotatable bonds is 4. The molecule has 0 amide bonds. The monoisotopic (exact) mass is 356 g/mol. The normalized spacial score (nSPS) is 20.1. The third-order valence-corrected chi connectivity index (χ3v) is 5.02. The smallest absolute Gasteiger partial charge is 0.178 e. The summed E-state index contributed by atoms with van der Waals surface area (Å²) < 4.78 is 28.9. The van der Waals surface area contributed by atoms with E-state index in [4.69, 9.17) is 0 Å². The summed E-state index contributed by atoms with van der Waals surface area (Å²) in [7, 11) is 0. The minimum atomic E-state index is -0.557. The Labute approximate surface area is 148 Å². The van der Waals surface area contributed by atoms with Crippen molar-refractivity contribution in [1.82, 2.24) is 19.8 Å². The lowest BCUT2D eigenvalue weighted by Crippen LogP contribution is -2.27. The molecule has 8 heteroatoms. The Kier molecular flexibility index (Phi) is 3.51. The van der Waals surface area contributed by atoms with E-state index in [-0.39, 0.29) is 6.04 Å². The van der Waals surface area contributed by atoms with E-state index >= 15 is 0 Å². The first-order valence-corrected chi connectivity index (χ1v) is 8.86. The van der Waals surface area contributed by atoms with E-state index in [1.54, 1.807) is 0 Å². The second kappa shape index (κ2) is 5.89. The molecule has 2 aromatic heterocycles. The molecule has 1 atom stereocenters. The van der Waals surface area contributed by atoms with Gasteiger partial charge in [-0.2, -0.15) is 4.52 Å². The Morgan fingerprint density at radius 1 is 1.04 bits per heavy atom. The van der Waals surface area contributed by atoms with Crippen molar-refractivity contribution in [3.63, 3.8) is 0 Å². The minimum absolute atomic E-state index is 0.144. The van der Waals surface area contributed by atoms with E-state index in [9.17, 15) is 8.78 Å². The molecule has 1 aliphatic heterocycles. The maximum absolute atomic E-state index is 14.0. The Hall–Kier alpha value is -2.77. The van der Waals surface area contributed by atoms with Crippen molar-refractivity contribution in [3.05, 3.63) is 47.8 Å². The lowest BCUT2D eigenvalue weighted by Gasteiger charge is -2.20. The van der Waals surface area contributed by atoms with Crippen LogP contribution in [0.25, 0.3) is 5.65 Å². The molecule has 1 saturated carbocycles. The second-order valence-corrected chi connectivity index (χ2v) is 6.99. The number of aromatic nitrogens is 4. The van der Waals surface area contributed by atoms with Gasteiger partial charge in [-0.05, 0) is 43.5 Å². The summed E-state index contributed by atoms with van der Waals surface area (Å²) in [6, 6.07) is 7.65. The molecule has 5 rings (SSSR count). The van der Waals surface area contributed by atoms with Gasteiger partial charge in [0.25, 0.3) is 0 Å². The molecule has 26 heavy (non-hydrogen) atoms. The van der Waals surface area contributed by atoms with Crippen molar-refractivity contribution in [2.45, 2.75) is 31.2 Å². The number of nitrogens with zero attached hydrogens (tertiary/aromatic N) is 5. The summed E-state index contributed by atoms with van der Waals surface area (Å²) in [5, 5.41) is 16.4. The molecule has 2 aliphatic rings. The van der Waals surface area contributed by atoms with Crippen LogP contribution in [0.3, 0.4) is 0 Å². The highest BCUT2D eigenvalue weighted by Crippen LogP contribution is 2.38. The molecule has 1 aliphatic carbocycles. The lowest BCUT2D eigenvalue weighted by molar-refractivity contribution is 0.581. The number of hydrogen-bond acceptors (Lipinski definition) is 5. The Balaban J connectivity index is 1.32. The maximum Gasteiger partial charge on any atom is 0.178 e. The zero-order valence-electron chi connectivity index (χ0n) is 14.1. The van der Waals surface area contributed by atoms with Gasteiger partial charge < -0.3 is 10.2 Å². The van der Waals surface area contributed by atoms with Gasteiger partial charge in [-0.1, -0.05) is 0 Å². The van der Waals surface area contributed by atoms with Crippen LogP contribution in [0.1, 0.15) is 31.0 Å². The molecule has 2 fully saturated rings. The van der Waals surface area contributed by atoms with Gasteiger partial charge >= 0.3 is 0 Å². The van der Waals surface area contributed by atoms with Crippen LogP contribution in [0, 0.1) is 11.6 Å². The molecular formula is C18H18F2N6. The van der Waals surface area contributed by atoms with Crippen molar-refractivity contribution < 1.29 is 8.78 Å². The van der Waals surface area contributed by atoms with Crippen molar-refractivity contribution in [3.8, 4) is 0 Å². The first-order chi connectivity index (χ1) is 12.7. The van der Waals surface area contributed by atoms with E-state index in [2.05, 4.69) is 20.6 Å². The molecule has 0 bridgehead atoms. The SMILES string of the molecule is Fc1ccc(N2CCC(Nc3ccc4nnc(C5CC5)n4n3)C2)c(F)c1. The van der Waals surface area contributed by atoms with Gasteiger partial charge in [-0.25, -0.2) is 8.78 Å². The van der Waals surface area contributed by atoms with Crippen LogP contribution in [-0.2, 0) is 0 Å². The molecule has 3 aromatic rings. The molecule has 1 N–H and O–H groups in total. The van der Waals surface area contributed by atoms with Gasteiger partial charge in [0, 0.05) is 31.1 Å². The molecular weight excluding hydrogens is 338 g/mol. The molecule has 3 heterocycles. The summed E-state index contributed by atoms with van der Waals surface area (Å²) in [5.74, 6) is 1.06. The third kappa shape index (κ3) is 2.75. The number of anilines is 2. The number of halogens is 2. The quantitative estimate of drug-likeness (QED) is 0.779. The van der Waals surface area contributed by atoms with Crippen molar-refractivity contribution >= 4 is 17.2 Å². The van der Waals surface area contributed by atoms with Crippen molar-refractivity contribution in [2.24, 2.45) is 0 Å². The predicted octanol–water partition coefficient (Wildman–Crippen LogP) is 2.97. The average Bonchev–Trinajstić information content (AvgIpc) is 3.21. The van der Waals surface area contributed by atoms with E-state index in [1.807, 2.05) is 21.5 Å². The van der Waals surface area contributed by atoms with Gasteiger partial charge in [0.1, 0.15) is 17.5 Å². The summed E-state index contributed by atoms with van der Waals surface area (Å²) in [4.78, 5) is 1.93. The van der Waals surface area contributed by atoms with E-state index in [0.29, 0.717) is 24.7 Å². The van der Waals surface area contributed by atoms with Crippen LogP contribution in [0.2, 0.25) is 0 Å². The highest BCUT2D eigenvalue weighted by molar-refractivity contribution is 5.51. The largest absolute Gasteiger partial charge is 0.367 e. The highest BCUT2D eigenvalue weighted by Gasteiger charge is 2.29. The molecule has 6 nitrogen and oxygen atoms in total. The first kappa shape index (κ1) is 15.5. The number of nitrogens with one attached hydrogen (secondary N) is 1. The highest BCUT2D eigenvalue weighted by atomic mass is 19.1. The minimum Gasteiger partial charge on any atom is -0.367 e. The average molecular weight is 356 g/mol. The van der Waals surface area contributed by atoms with Gasteiger partial charge in [-0.15, -0.1) is 15.3 Å². The van der Waals surface area contributed by atoms with E-state index in [1.165, 1.54) is 12.1 Å². The number of benzene rings is 1. The standard InChI is InChI=1S/C18H18F2N6/c19-12-3-4-15(14(20)9-12)25-8-7-13(10-25)21-16-5-6-17-22-23-18(11-1-2-11)26(17)24-16/h3-6,9,11,13H,1-2,7-8,10H2,(H,21,24). The Morgan fingerprint density at radius 3 is 2.73 bits per heavy atom. The van der Waals surface area contributed by atoms with Gasteiger partial charge in [0.05, 0.1) is 5.69 Å². The summed E-state index contributed by atoms with van der Waals surface area (Å²) in [6.07, 6.45) is 3.14. The van der Waals surface area contributed by atoms with Gasteiger partial charge in [-0.3, -0.25) is 0 Å². The topological polar surface area (TPSA) is 58.3 Å². The fraction of sp³-hybridized carbons (Fsp3) is 0.389.